The van der Waals surface area contributed by atoms with E-state index in [0.29, 0.717) is 19.8 Å². The van der Waals surface area contributed by atoms with Crippen LogP contribution in [0.5, 0.6) is 0 Å². The van der Waals surface area contributed by atoms with Gasteiger partial charge in [0.25, 0.3) is 0 Å². The van der Waals surface area contributed by atoms with Crippen molar-refractivity contribution in [3.63, 3.8) is 0 Å². The zero-order chi connectivity index (χ0) is 15.7. The van der Waals surface area contributed by atoms with Gasteiger partial charge in [0, 0.05) is 31.5 Å². The van der Waals surface area contributed by atoms with E-state index in [2.05, 4.69) is 15.0 Å². The first-order valence-corrected chi connectivity index (χ1v) is 8.54. The molecule has 1 aromatic rings. The maximum Gasteiger partial charge on any atom is 0.242 e. The Morgan fingerprint density at radius 2 is 2.10 bits per heavy atom. The van der Waals surface area contributed by atoms with E-state index in [1.807, 2.05) is 25.9 Å². The Balaban J connectivity index is 2.34. The molecule has 0 saturated carbocycles. The normalized spacial score (nSPS) is 12.2. The molecule has 1 aromatic heterocycles. The quantitative estimate of drug-likeness (QED) is 0.499. The Bertz CT molecular complexity index is 499. The first kappa shape index (κ1) is 18.1. The number of hydrogen-bond donors (Lipinski definition) is 3. The van der Waals surface area contributed by atoms with Gasteiger partial charge in [-0.2, -0.15) is 0 Å². The van der Waals surface area contributed by atoms with Crippen LogP contribution in [0.4, 0.5) is 0 Å². The largest absolute Gasteiger partial charge is 0.379 e. The Morgan fingerprint density at radius 3 is 2.76 bits per heavy atom. The summed E-state index contributed by atoms with van der Waals surface area (Å²) in [6.45, 7) is 5.50. The van der Waals surface area contributed by atoms with Crippen molar-refractivity contribution in [2.75, 3.05) is 46.9 Å². The molecule has 0 aliphatic carbocycles. The summed E-state index contributed by atoms with van der Waals surface area (Å²) in [6.07, 6.45) is 1.50. The molecule has 0 aliphatic rings. The van der Waals surface area contributed by atoms with Gasteiger partial charge in [0.05, 0.1) is 18.1 Å². The maximum absolute atomic E-state index is 12.0. The summed E-state index contributed by atoms with van der Waals surface area (Å²) in [5.41, 5.74) is 0.847. The monoisotopic (exact) mass is 318 g/mol. The topological polar surface area (TPSA) is 86.5 Å². The lowest BCUT2D eigenvalue weighted by molar-refractivity contribution is 0.122. The Labute approximate surface area is 127 Å². The molecule has 122 valence electrons. The molecule has 0 aliphatic heterocycles. The minimum absolute atomic E-state index is 0.253. The van der Waals surface area contributed by atoms with Gasteiger partial charge in [-0.05, 0) is 26.7 Å². The fourth-order valence-electron chi connectivity index (χ4n) is 1.62. The summed E-state index contributed by atoms with van der Waals surface area (Å²) in [4.78, 5) is 5.21. The highest BCUT2D eigenvalue weighted by Gasteiger charge is 2.15. The highest BCUT2D eigenvalue weighted by atomic mass is 32.2. The van der Waals surface area contributed by atoms with Crippen LogP contribution in [0.3, 0.4) is 0 Å². The van der Waals surface area contributed by atoms with Gasteiger partial charge in [-0.3, -0.25) is 0 Å². The molecule has 0 spiro atoms. The lowest BCUT2D eigenvalue weighted by atomic mass is 10.4. The fraction of sp³-hybridized carbons (Fsp3) is 0.692. The molecule has 0 saturated heterocycles. The lowest BCUT2D eigenvalue weighted by Gasteiger charge is -2.10. The molecular formula is C13H26N4O3S. The molecule has 1 rings (SSSR count). The van der Waals surface area contributed by atoms with Crippen molar-refractivity contribution >= 4 is 10.0 Å². The average molecular weight is 318 g/mol. The number of aromatic nitrogens is 1. The average Bonchev–Trinajstić information content (AvgIpc) is 2.89. The highest BCUT2D eigenvalue weighted by molar-refractivity contribution is 7.89. The van der Waals surface area contributed by atoms with Crippen molar-refractivity contribution in [1.82, 2.24) is 19.9 Å². The van der Waals surface area contributed by atoms with E-state index in [9.17, 15) is 8.42 Å². The number of likely N-dealkylation sites (N-methyl/N-ethyl adjacent to an activating group) is 1. The van der Waals surface area contributed by atoms with E-state index >= 15 is 0 Å². The van der Waals surface area contributed by atoms with Gasteiger partial charge in [-0.15, -0.1) is 0 Å². The third-order valence-electron chi connectivity index (χ3n) is 2.81. The van der Waals surface area contributed by atoms with Gasteiger partial charge in [0.2, 0.25) is 10.0 Å². The van der Waals surface area contributed by atoms with E-state index in [4.69, 9.17) is 4.74 Å². The standard InChI is InChI=1S/C13H26N4O3S/c1-4-14-10-12-9-13(11-15-12)21(18,19)16-5-7-20-8-6-17(2)3/h9,11,14-16H,4-8,10H2,1-3H3. The van der Waals surface area contributed by atoms with E-state index in [1.165, 1.54) is 6.20 Å². The fourth-order valence-corrected chi connectivity index (χ4v) is 2.65. The van der Waals surface area contributed by atoms with Crippen LogP contribution in [-0.2, 0) is 21.3 Å². The first-order valence-electron chi connectivity index (χ1n) is 7.06. The van der Waals surface area contributed by atoms with Gasteiger partial charge in [-0.25, -0.2) is 13.1 Å². The van der Waals surface area contributed by atoms with Crippen molar-refractivity contribution in [3.05, 3.63) is 18.0 Å². The summed E-state index contributed by atoms with van der Waals surface area (Å²) in [5.74, 6) is 0. The van der Waals surface area contributed by atoms with Crippen LogP contribution >= 0.6 is 0 Å². The molecule has 21 heavy (non-hydrogen) atoms. The van der Waals surface area contributed by atoms with Crippen molar-refractivity contribution in [2.45, 2.75) is 18.4 Å². The summed E-state index contributed by atoms with van der Waals surface area (Å²) >= 11 is 0. The molecular weight excluding hydrogens is 292 g/mol. The summed E-state index contributed by atoms with van der Waals surface area (Å²) < 4.78 is 32.0. The molecule has 0 radical (unpaired) electrons. The predicted octanol–water partition coefficient (Wildman–Crippen LogP) is -0.0193. The van der Waals surface area contributed by atoms with E-state index in [1.54, 1.807) is 6.07 Å². The summed E-state index contributed by atoms with van der Waals surface area (Å²) in [5, 5.41) is 3.13. The second kappa shape index (κ2) is 9.16. The Morgan fingerprint density at radius 1 is 1.33 bits per heavy atom. The van der Waals surface area contributed by atoms with Crippen molar-refractivity contribution < 1.29 is 13.2 Å². The number of sulfonamides is 1. The Kier molecular flexibility index (Phi) is 7.91. The first-order chi connectivity index (χ1) is 9.95. The van der Waals surface area contributed by atoms with Crippen LogP contribution in [0, 0.1) is 0 Å². The van der Waals surface area contributed by atoms with Crippen molar-refractivity contribution in [1.29, 1.82) is 0 Å². The van der Waals surface area contributed by atoms with Gasteiger partial charge in [0.1, 0.15) is 0 Å². The molecule has 0 fully saturated rings. The number of hydrogen-bond acceptors (Lipinski definition) is 5. The van der Waals surface area contributed by atoms with Crippen molar-refractivity contribution in [3.8, 4) is 0 Å². The maximum atomic E-state index is 12.0. The predicted molar refractivity (Wildman–Crippen MR) is 82.7 cm³/mol. The second-order valence-corrected chi connectivity index (χ2v) is 6.72. The number of nitrogens with one attached hydrogen (secondary N) is 3. The molecule has 1 heterocycles. The van der Waals surface area contributed by atoms with E-state index in [0.717, 1.165) is 18.8 Å². The lowest BCUT2D eigenvalue weighted by Crippen LogP contribution is -2.28. The summed E-state index contributed by atoms with van der Waals surface area (Å²) in [6, 6.07) is 1.64. The van der Waals surface area contributed by atoms with Crippen LogP contribution in [0.25, 0.3) is 0 Å². The molecule has 0 aromatic carbocycles. The zero-order valence-corrected chi connectivity index (χ0v) is 13.8. The molecule has 0 atom stereocenters. The number of rotatable bonds is 11. The van der Waals surface area contributed by atoms with E-state index in [-0.39, 0.29) is 11.4 Å². The van der Waals surface area contributed by atoms with Crippen LogP contribution in [0.15, 0.2) is 17.2 Å². The smallest absolute Gasteiger partial charge is 0.242 e. The van der Waals surface area contributed by atoms with Crippen LogP contribution in [0.2, 0.25) is 0 Å². The minimum Gasteiger partial charge on any atom is -0.379 e. The van der Waals surface area contributed by atoms with Crippen molar-refractivity contribution in [2.24, 2.45) is 0 Å². The van der Waals surface area contributed by atoms with Crippen LogP contribution in [-0.4, -0.2) is 65.2 Å². The zero-order valence-electron chi connectivity index (χ0n) is 13.0. The second-order valence-electron chi connectivity index (χ2n) is 4.95. The summed E-state index contributed by atoms with van der Waals surface area (Å²) in [7, 11) is 0.455. The Hall–Kier alpha value is -0.930. The van der Waals surface area contributed by atoms with Gasteiger partial charge in [0.15, 0.2) is 0 Å². The molecule has 3 N–H and O–H groups in total. The minimum atomic E-state index is -3.47. The van der Waals surface area contributed by atoms with Gasteiger partial charge >= 0.3 is 0 Å². The molecule has 7 nitrogen and oxygen atoms in total. The molecule has 0 amide bonds. The SMILES string of the molecule is CCNCc1cc(S(=O)(=O)NCCOCCN(C)C)c[nH]1. The number of ether oxygens (including phenoxy) is 1. The molecule has 0 bridgehead atoms. The van der Waals surface area contributed by atoms with E-state index < -0.39 is 10.0 Å². The third kappa shape index (κ3) is 7.05. The van der Waals surface area contributed by atoms with Crippen LogP contribution in [0.1, 0.15) is 12.6 Å². The highest BCUT2D eigenvalue weighted by Crippen LogP contribution is 2.10. The molecule has 0 unspecified atom stereocenters. The molecule has 8 heteroatoms. The number of nitrogens with zero attached hydrogens (tertiary/aromatic N) is 1. The van der Waals surface area contributed by atoms with Crippen LogP contribution < -0.4 is 10.0 Å². The van der Waals surface area contributed by atoms with Gasteiger partial charge < -0.3 is 19.9 Å². The number of H-pyrrole nitrogens is 1. The number of aromatic amines is 1. The third-order valence-corrected chi connectivity index (χ3v) is 4.25. The van der Waals surface area contributed by atoms with Gasteiger partial charge in [-0.1, -0.05) is 6.92 Å².